The molecule has 0 amide bonds. The van der Waals surface area contributed by atoms with Crippen LogP contribution in [0.2, 0.25) is 0 Å². The second-order valence-corrected chi connectivity index (χ2v) is 9.16. The van der Waals surface area contributed by atoms with Gasteiger partial charge in [-0.3, -0.25) is 9.82 Å². The van der Waals surface area contributed by atoms with Crippen molar-refractivity contribution in [2.75, 3.05) is 4.72 Å². The van der Waals surface area contributed by atoms with Crippen LogP contribution in [0.4, 0.5) is 5.69 Å². The lowest BCUT2D eigenvalue weighted by Crippen LogP contribution is -2.15. The lowest BCUT2D eigenvalue weighted by Gasteiger charge is -2.16. The first-order valence-electron chi connectivity index (χ1n) is 8.74. The number of hydrogen-bond acceptors (Lipinski definition) is 6. The molecule has 148 valence electrons. The van der Waals surface area contributed by atoms with Gasteiger partial charge in [-0.1, -0.05) is 36.4 Å². The van der Waals surface area contributed by atoms with Crippen molar-refractivity contribution in [2.24, 2.45) is 0 Å². The number of sulfonamides is 1. The van der Waals surface area contributed by atoms with Gasteiger partial charge in [-0.25, -0.2) is 13.4 Å². The van der Waals surface area contributed by atoms with Crippen molar-refractivity contribution in [3.63, 3.8) is 0 Å². The Morgan fingerprint density at radius 1 is 1.07 bits per heavy atom. The topological polar surface area (TPSA) is 108 Å². The molecule has 9 heteroatoms. The van der Waals surface area contributed by atoms with Crippen molar-refractivity contribution in [3.05, 3.63) is 66.0 Å². The number of aromatic hydroxyl groups is 1. The zero-order valence-electron chi connectivity index (χ0n) is 15.7. The van der Waals surface area contributed by atoms with E-state index < -0.39 is 10.0 Å². The summed E-state index contributed by atoms with van der Waals surface area (Å²) in [7, 11) is -3.83. The summed E-state index contributed by atoms with van der Waals surface area (Å²) in [6, 6.07) is 13.8. The standard InChI is InChI=1S/C20H18N4O3S2/c1-12-6-5-9-18(13(12)2)29(26,27)24-16-10-17(28-20-21-11-22-23-20)19(25)15-8-4-3-7-14(15)16/h3-11,24-25H,1-2H3,(H,21,22,23). The Kier molecular flexibility index (Phi) is 4.93. The summed E-state index contributed by atoms with van der Waals surface area (Å²) in [6.45, 7) is 3.65. The van der Waals surface area contributed by atoms with Crippen LogP contribution in [0, 0.1) is 13.8 Å². The molecule has 1 heterocycles. The Balaban J connectivity index is 1.84. The first-order valence-corrected chi connectivity index (χ1v) is 11.0. The van der Waals surface area contributed by atoms with Gasteiger partial charge in [-0.05, 0) is 48.9 Å². The highest BCUT2D eigenvalue weighted by molar-refractivity contribution is 7.99. The number of phenols is 1. The minimum absolute atomic E-state index is 0.0464. The molecule has 0 unspecified atom stereocenters. The molecule has 0 bridgehead atoms. The van der Waals surface area contributed by atoms with Crippen molar-refractivity contribution < 1.29 is 13.5 Å². The fourth-order valence-electron chi connectivity index (χ4n) is 3.06. The van der Waals surface area contributed by atoms with E-state index in [-0.39, 0.29) is 10.6 Å². The Labute approximate surface area is 172 Å². The highest BCUT2D eigenvalue weighted by atomic mass is 32.2. The molecule has 0 aliphatic carbocycles. The van der Waals surface area contributed by atoms with Crippen LogP contribution in [0.15, 0.2) is 69.8 Å². The van der Waals surface area contributed by atoms with Gasteiger partial charge >= 0.3 is 0 Å². The lowest BCUT2D eigenvalue weighted by molar-refractivity contribution is 0.469. The fraction of sp³-hybridized carbons (Fsp3) is 0.100. The third-order valence-corrected chi connectivity index (χ3v) is 7.08. The monoisotopic (exact) mass is 426 g/mol. The van der Waals surface area contributed by atoms with Crippen molar-refractivity contribution in [2.45, 2.75) is 28.8 Å². The Morgan fingerprint density at radius 3 is 2.55 bits per heavy atom. The normalized spacial score (nSPS) is 11.7. The second kappa shape index (κ2) is 7.41. The highest BCUT2D eigenvalue weighted by Gasteiger charge is 2.21. The minimum Gasteiger partial charge on any atom is -0.506 e. The van der Waals surface area contributed by atoms with Gasteiger partial charge in [0.1, 0.15) is 12.1 Å². The molecule has 0 radical (unpaired) electrons. The first-order chi connectivity index (χ1) is 13.9. The number of nitrogens with one attached hydrogen (secondary N) is 2. The summed E-state index contributed by atoms with van der Waals surface area (Å²) >= 11 is 1.14. The number of aromatic amines is 1. The number of aromatic nitrogens is 3. The van der Waals surface area contributed by atoms with E-state index in [0.29, 0.717) is 32.1 Å². The van der Waals surface area contributed by atoms with Gasteiger partial charge in [0.2, 0.25) is 5.16 Å². The molecule has 0 saturated heterocycles. The maximum Gasteiger partial charge on any atom is 0.262 e. The maximum absolute atomic E-state index is 13.1. The maximum atomic E-state index is 13.1. The van der Waals surface area contributed by atoms with Crippen LogP contribution in [0.5, 0.6) is 5.75 Å². The van der Waals surface area contributed by atoms with E-state index in [2.05, 4.69) is 19.9 Å². The third-order valence-electron chi connectivity index (χ3n) is 4.66. The molecule has 7 nitrogen and oxygen atoms in total. The number of benzene rings is 3. The van der Waals surface area contributed by atoms with Gasteiger partial charge in [0.05, 0.1) is 15.5 Å². The highest BCUT2D eigenvalue weighted by Crippen LogP contribution is 2.42. The van der Waals surface area contributed by atoms with E-state index in [4.69, 9.17) is 0 Å². The lowest BCUT2D eigenvalue weighted by atomic mass is 10.1. The summed E-state index contributed by atoms with van der Waals surface area (Å²) < 4.78 is 28.9. The molecule has 0 aliphatic heterocycles. The molecule has 3 aromatic carbocycles. The van der Waals surface area contributed by atoms with Crippen molar-refractivity contribution in [1.82, 2.24) is 15.2 Å². The number of aryl methyl sites for hydroxylation is 1. The minimum atomic E-state index is -3.83. The molecule has 4 aromatic rings. The summed E-state index contributed by atoms with van der Waals surface area (Å²) in [4.78, 5) is 4.72. The van der Waals surface area contributed by atoms with Gasteiger partial charge in [0.25, 0.3) is 10.0 Å². The average molecular weight is 427 g/mol. The van der Waals surface area contributed by atoms with Gasteiger partial charge in [-0.15, -0.1) is 5.10 Å². The number of rotatable bonds is 5. The second-order valence-electron chi connectivity index (χ2n) is 6.50. The van der Waals surface area contributed by atoms with Crippen molar-refractivity contribution in [3.8, 4) is 5.75 Å². The van der Waals surface area contributed by atoms with Crippen LogP contribution < -0.4 is 4.72 Å². The number of anilines is 1. The van der Waals surface area contributed by atoms with Gasteiger partial charge in [-0.2, -0.15) is 0 Å². The average Bonchev–Trinajstić information content (AvgIpc) is 3.20. The SMILES string of the molecule is Cc1cccc(S(=O)(=O)Nc2cc(Sc3nc[nH]n3)c(O)c3ccccc23)c1C. The van der Waals surface area contributed by atoms with E-state index in [1.54, 1.807) is 49.4 Å². The van der Waals surface area contributed by atoms with Crippen LogP contribution in [-0.4, -0.2) is 28.7 Å². The number of hydrogen-bond donors (Lipinski definition) is 3. The zero-order chi connectivity index (χ0) is 20.6. The molecule has 0 fully saturated rings. The number of phenolic OH excluding ortho intramolecular Hbond substituents is 1. The van der Waals surface area contributed by atoms with Crippen LogP contribution in [-0.2, 0) is 10.0 Å². The number of fused-ring (bicyclic) bond motifs is 1. The largest absolute Gasteiger partial charge is 0.506 e. The van der Waals surface area contributed by atoms with E-state index in [1.165, 1.54) is 6.33 Å². The van der Waals surface area contributed by atoms with Gasteiger partial charge < -0.3 is 5.11 Å². The van der Waals surface area contributed by atoms with Crippen LogP contribution in [0.25, 0.3) is 10.8 Å². The quantitative estimate of drug-likeness (QED) is 0.412. The molecule has 3 N–H and O–H groups in total. The van der Waals surface area contributed by atoms with Gasteiger partial charge in [0, 0.05) is 10.8 Å². The van der Waals surface area contributed by atoms with E-state index in [9.17, 15) is 13.5 Å². The summed E-state index contributed by atoms with van der Waals surface area (Å²) in [5.74, 6) is 0.0464. The Bertz CT molecular complexity index is 1300. The summed E-state index contributed by atoms with van der Waals surface area (Å²) in [5.41, 5.74) is 1.96. The molecule has 0 aliphatic rings. The Hall–Kier alpha value is -3.04. The predicted molar refractivity (Wildman–Crippen MR) is 113 cm³/mol. The summed E-state index contributed by atoms with van der Waals surface area (Å²) in [5, 5.41) is 18.9. The fourth-order valence-corrected chi connectivity index (χ4v) is 5.23. The van der Waals surface area contributed by atoms with E-state index in [1.807, 2.05) is 13.0 Å². The zero-order valence-corrected chi connectivity index (χ0v) is 17.3. The molecular formula is C20H18N4O3S2. The van der Waals surface area contributed by atoms with Crippen LogP contribution in [0.3, 0.4) is 0 Å². The smallest absolute Gasteiger partial charge is 0.262 e. The molecule has 0 saturated carbocycles. The molecule has 0 spiro atoms. The van der Waals surface area contributed by atoms with Crippen LogP contribution in [0.1, 0.15) is 11.1 Å². The predicted octanol–water partition coefficient (Wildman–Crippen LogP) is 4.23. The van der Waals surface area contributed by atoms with E-state index >= 15 is 0 Å². The molecule has 29 heavy (non-hydrogen) atoms. The first kappa shape index (κ1) is 19.3. The van der Waals surface area contributed by atoms with Crippen LogP contribution >= 0.6 is 11.8 Å². The third kappa shape index (κ3) is 3.66. The number of H-pyrrole nitrogens is 1. The molecule has 1 aromatic heterocycles. The van der Waals surface area contributed by atoms with E-state index in [0.717, 1.165) is 17.3 Å². The molecule has 0 atom stereocenters. The van der Waals surface area contributed by atoms with Crippen molar-refractivity contribution in [1.29, 1.82) is 0 Å². The molecular weight excluding hydrogens is 408 g/mol. The molecule has 4 rings (SSSR count). The van der Waals surface area contributed by atoms with Crippen molar-refractivity contribution >= 4 is 38.2 Å². The Morgan fingerprint density at radius 2 is 1.83 bits per heavy atom. The van der Waals surface area contributed by atoms with Gasteiger partial charge in [0.15, 0.2) is 0 Å². The summed E-state index contributed by atoms with van der Waals surface area (Å²) in [6.07, 6.45) is 1.44. The number of nitrogens with zero attached hydrogens (tertiary/aromatic N) is 2.